The highest BCUT2D eigenvalue weighted by atomic mass is 32.2. The second kappa shape index (κ2) is 5.29. The van der Waals surface area contributed by atoms with Gasteiger partial charge in [-0.15, -0.1) is 0 Å². The van der Waals surface area contributed by atoms with Crippen molar-refractivity contribution in [3.63, 3.8) is 0 Å². The number of hydrogen-bond acceptors (Lipinski definition) is 2. The number of benzene rings is 1. The maximum absolute atomic E-state index is 13.3. The number of H-pyrrole nitrogens is 1. The maximum atomic E-state index is 13.3. The van der Waals surface area contributed by atoms with Crippen LogP contribution in [0.5, 0.6) is 0 Å². The van der Waals surface area contributed by atoms with Crippen molar-refractivity contribution in [1.29, 1.82) is 0 Å². The molecule has 0 saturated heterocycles. The fourth-order valence-corrected chi connectivity index (χ4v) is 4.49. The predicted molar refractivity (Wildman–Crippen MR) is 81.9 cm³/mol. The summed E-state index contributed by atoms with van der Waals surface area (Å²) < 4.78 is 16.1. The lowest BCUT2D eigenvalue weighted by Gasteiger charge is -2.13. The Balaban J connectivity index is 1.97. The molecule has 3 rings (SSSR count). The highest BCUT2D eigenvalue weighted by Crippen LogP contribution is 2.38. The molecule has 1 aliphatic rings. The number of thioether (sulfide) groups is 1. The summed E-state index contributed by atoms with van der Waals surface area (Å²) in [6.45, 7) is 2.21. The van der Waals surface area contributed by atoms with Gasteiger partial charge in [0.2, 0.25) is 0 Å². The Kier molecular flexibility index (Phi) is 3.67. The number of nitrogens with one attached hydrogen (secondary N) is 1. The molecular formula is C14H17FN2S2. The Morgan fingerprint density at radius 1 is 1.47 bits per heavy atom. The third-order valence-corrected chi connectivity index (χ3v) is 5.33. The molecule has 0 amide bonds. The minimum atomic E-state index is -0.221. The Bertz CT molecular complexity index is 646. The molecule has 2 aromatic rings. The Labute approximate surface area is 121 Å². The van der Waals surface area contributed by atoms with Crippen LogP contribution in [0, 0.1) is 10.6 Å². The number of rotatable bonds is 3. The standard InChI is InChI=1S/C14H17FN2S2/c1-2-19-11-5-4-10(8-11)17-13-6-3-9(15)7-12(13)16-14(17)18/h3,6-7,10-11H,2,4-5,8H2,1H3,(H,16,18). The number of nitrogens with zero attached hydrogens (tertiary/aromatic N) is 1. The zero-order valence-electron chi connectivity index (χ0n) is 10.9. The van der Waals surface area contributed by atoms with Gasteiger partial charge in [0.25, 0.3) is 0 Å². The van der Waals surface area contributed by atoms with Gasteiger partial charge in [0.15, 0.2) is 4.77 Å². The molecule has 1 aliphatic carbocycles. The van der Waals surface area contributed by atoms with Crippen molar-refractivity contribution in [2.75, 3.05) is 5.75 Å². The summed E-state index contributed by atoms with van der Waals surface area (Å²) in [6, 6.07) is 5.32. The molecule has 1 heterocycles. The van der Waals surface area contributed by atoms with E-state index in [9.17, 15) is 4.39 Å². The van der Waals surface area contributed by atoms with Crippen LogP contribution in [-0.4, -0.2) is 20.6 Å². The van der Waals surface area contributed by atoms with Crippen LogP contribution in [0.1, 0.15) is 32.2 Å². The van der Waals surface area contributed by atoms with Gasteiger partial charge in [0.05, 0.1) is 11.0 Å². The topological polar surface area (TPSA) is 20.7 Å². The first-order valence-electron chi connectivity index (χ1n) is 6.70. The molecule has 1 saturated carbocycles. The van der Waals surface area contributed by atoms with Gasteiger partial charge in [-0.2, -0.15) is 11.8 Å². The van der Waals surface area contributed by atoms with Crippen LogP contribution in [0.15, 0.2) is 18.2 Å². The van der Waals surface area contributed by atoms with Crippen molar-refractivity contribution in [3.05, 3.63) is 28.8 Å². The number of hydrogen-bond donors (Lipinski definition) is 1. The highest BCUT2D eigenvalue weighted by Gasteiger charge is 2.27. The molecule has 0 bridgehead atoms. The van der Waals surface area contributed by atoms with Crippen LogP contribution in [-0.2, 0) is 0 Å². The van der Waals surface area contributed by atoms with E-state index < -0.39 is 0 Å². The van der Waals surface area contributed by atoms with Crippen LogP contribution in [0.25, 0.3) is 11.0 Å². The Morgan fingerprint density at radius 2 is 2.32 bits per heavy atom. The average Bonchev–Trinajstić information content (AvgIpc) is 2.92. The normalized spacial score (nSPS) is 23.3. The second-order valence-electron chi connectivity index (χ2n) is 5.01. The van der Waals surface area contributed by atoms with E-state index in [1.54, 1.807) is 0 Å². The first-order valence-corrected chi connectivity index (χ1v) is 8.16. The van der Waals surface area contributed by atoms with Crippen molar-refractivity contribution in [2.24, 2.45) is 0 Å². The summed E-state index contributed by atoms with van der Waals surface area (Å²) in [5, 5.41) is 0.738. The van der Waals surface area contributed by atoms with Crippen molar-refractivity contribution in [3.8, 4) is 0 Å². The van der Waals surface area contributed by atoms with E-state index in [2.05, 4.69) is 16.5 Å². The zero-order valence-corrected chi connectivity index (χ0v) is 12.5. The largest absolute Gasteiger partial charge is 0.330 e. The molecule has 1 aromatic heterocycles. The molecule has 19 heavy (non-hydrogen) atoms. The van der Waals surface area contributed by atoms with E-state index in [1.807, 2.05) is 17.8 Å². The van der Waals surface area contributed by atoms with Crippen LogP contribution < -0.4 is 0 Å². The molecule has 0 spiro atoms. The van der Waals surface area contributed by atoms with Gasteiger partial charge in [-0.1, -0.05) is 6.92 Å². The van der Waals surface area contributed by atoms with E-state index in [-0.39, 0.29) is 5.82 Å². The summed E-state index contributed by atoms with van der Waals surface area (Å²) in [5.41, 5.74) is 1.83. The summed E-state index contributed by atoms with van der Waals surface area (Å²) in [5.74, 6) is 0.948. The molecule has 2 nitrogen and oxygen atoms in total. The number of aromatic nitrogens is 2. The molecule has 1 fully saturated rings. The van der Waals surface area contributed by atoms with E-state index in [0.717, 1.165) is 29.1 Å². The van der Waals surface area contributed by atoms with E-state index in [1.165, 1.54) is 24.3 Å². The SMILES string of the molecule is CCSC1CCC(n2c(=S)[nH]c3cc(F)ccc32)C1. The lowest BCUT2D eigenvalue weighted by atomic mass is 10.2. The Hall–Kier alpha value is -0.810. The monoisotopic (exact) mass is 296 g/mol. The van der Waals surface area contributed by atoms with Gasteiger partial charge in [-0.3, -0.25) is 0 Å². The summed E-state index contributed by atoms with van der Waals surface area (Å²) >= 11 is 7.45. The summed E-state index contributed by atoms with van der Waals surface area (Å²) in [4.78, 5) is 3.12. The molecule has 0 aliphatic heterocycles. The lowest BCUT2D eigenvalue weighted by molar-refractivity contribution is 0.527. The van der Waals surface area contributed by atoms with Crippen molar-refractivity contribution >= 4 is 35.0 Å². The summed E-state index contributed by atoms with van der Waals surface area (Å²) in [6.07, 6.45) is 3.58. The van der Waals surface area contributed by atoms with E-state index in [0.29, 0.717) is 10.8 Å². The van der Waals surface area contributed by atoms with Gasteiger partial charge < -0.3 is 9.55 Å². The highest BCUT2D eigenvalue weighted by molar-refractivity contribution is 7.99. The minimum absolute atomic E-state index is 0.221. The maximum Gasteiger partial charge on any atom is 0.178 e. The fourth-order valence-electron chi connectivity index (χ4n) is 3.00. The minimum Gasteiger partial charge on any atom is -0.330 e. The first kappa shape index (κ1) is 13.2. The van der Waals surface area contributed by atoms with Gasteiger partial charge in [-0.05, 0) is 55.4 Å². The zero-order chi connectivity index (χ0) is 13.4. The molecule has 2 atom stereocenters. The fraction of sp³-hybridized carbons (Fsp3) is 0.500. The van der Waals surface area contributed by atoms with Gasteiger partial charge >= 0.3 is 0 Å². The van der Waals surface area contributed by atoms with Crippen molar-refractivity contribution < 1.29 is 4.39 Å². The van der Waals surface area contributed by atoms with Crippen molar-refractivity contribution in [1.82, 2.24) is 9.55 Å². The van der Waals surface area contributed by atoms with Crippen LogP contribution in [0.3, 0.4) is 0 Å². The molecular weight excluding hydrogens is 279 g/mol. The molecule has 1 N–H and O–H groups in total. The average molecular weight is 296 g/mol. The second-order valence-corrected chi connectivity index (χ2v) is 6.97. The van der Waals surface area contributed by atoms with E-state index in [4.69, 9.17) is 12.2 Å². The third kappa shape index (κ3) is 2.46. The quantitative estimate of drug-likeness (QED) is 0.830. The summed E-state index contributed by atoms with van der Waals surface area (Å²) in [7, 11) is 0. The number of imidazole rings is 1. The van der Waals surface area contributed by atoms with Gasteiger partial charge in [0.1, 0.15) is 5.82 Å². The third-order valence-electron chi connectivity index (χ3n) is 3.80. The number of aromatic amines is 1. The Morgan fingerprint density at radius 3 is 3.11 bits per heavy atom. The smallest absolute Gasteiger partial charge is 0.178 e. The molecule has 1 aromatic carbocycles. The van der Waals surface area contributed by atoms with E-state index >= 15 is 0 Å². The molecule has 2 unspecified atom stereocenters. The molecule has 0 radical (unpaired) electrons. The van der Waals surface area contributed by atoms with Gasteiger partial charge in [0, 0.05) is 11.3 Å². The number of fused-ring (bicyclic) bond motifs is 1. The van der Waals surface area contributed by atoms with Gasteiger partial charge in [-0.25, -0.2) is 4.39 Å². The van der Waals surface area contributed by atoms with Crippen LogP contribution >= 0.6 is 24.0 Å². The number of halogens is 1. The molecule has 102 valence electrons. The van der Waals surface area contributed by atoms with Crippen LogP contribution in [0.4, 0.5) is 4.39 Å². The van der Waals surface area contributed by atoms with Crippen LogP contribution in [0.2, 0.25) is 0 Å². The molecule has 5 heteroatoms. The predicted octanol–water partition coefficient (Wildman–Crippen LogP) is 4.68. The lowest BCUT2D eigenvalue weighted by Crippen LogP contribution is -2.06. The first-order chi connectivity index (χ1) is 9.19. The van der Waals surface area contributed by atoms with Crippen molar-refractivity contribution in [2.45, 2.75) is 37.5 Å².